The molecule has 0 saturated heterocycles. The van der Waals surface area contributed by atoms with Crippen LogP contribution in [-0.2, 0) is 0 Å². The molecule has 0 aliphatic heterocycles. The second-order valence-corrected chi connectivity index (χ2v) is 5.78. The van der Waals surface area contributed by atoms with Crippen LogP contribution >= 0.6 is 11.6 Å². The van der Waals surface area contributed by atoms with Crippen LogP contribution in [0.1, 0.15) is 48.0 Å². The number of hydrogen-bond acceptors (Lipinski definition) is 2. The Kier molecular flexibility index (Phi) is 4.83. The summed E-state index contributed by atoms with van der Waals surface area (Å²) in [5.74, 6) is -0.0449. The second kappa shape index (κ2) is 6.40. The van der Waals surface area contributed by atoms with Crippen molar-refractivity contribution in [3.8, 4) is 0 Å². The van der Waals surface area contributed by atoms with Crippen LogP contribution in [0.2, 0.25) is 5.02 Å². The first-order valence-electron chi connectivity index (χ1n) is 6.90. The first-order chi connectivity index (χ1) is 9.08. The molecule has 19 heavy (non-hydrogen) atoms. The smallest absolute Gasteiger partial charge is 0.251 e. The zero-order valence-corrected chi connectivity index (χ0v) is 12.0. The van der Waals surface area contributed by atoms with Crippen molar-refractivity contribution in [1.82, 2.24) is 5.32 Å². The molecule has 1 amide bonds. The van der Waals surface area contributed by atoms with Crippen LogP contribution in [0.25, 0.3) is 0 Å². The zero-order valence-electron chi connectivity index (χ0n) is 11.3. The van der Waals surface area contributed by atoms with Gasteiger partial charge in [0.2, 0.25) is 0 Å². The molecule has 1 saturated carbocycles. The van der Waals surface area contributed by atoms with Crippen molar-refractivity contribution >= 4 is 17.5 Å². The van der Waals surface area contributed by atoms with Crippen LogP contribution in [0.3, 0.4) is 0 Å². The molecule has 1 aliphatic carbocycles. The van der Waals surface area contributed by atoms with Gasteiger partial charge in [-0.05, 0) is 43.5 Å². The van der Waals surface area contributed by atoms with E-state index in [4.69, 9.17) is 17.3 Å². The van der Waals surface area contributed by atoms with Gasteiger partial charge in [-0.15, -0.1) is 0 Å². The van der Waals surface area contributed by atoms with E-state index in [0.29, 0.717) is 10.6 Å². The molecule has 3 N–H and O–H groups in total. The summed E-state index contributed by atoms with van der Waals surface area (Å²) in [6.07, 6.45) is 5.47. The zero-order chi connectivity index (χ0) is 13.8. The number of rotatable bonds is 2. The van der Waals surface area contributed by atoms with Crippen LogP contribution in [0.15, 0.2) is 18.2 Å². The third-order valence-electron chi connectivity index (χ3n) is 3.82. The van der Waals surface area contributed by atoms with Crippen LogP contribution in [-0.4, -0.2) is 18.0 Å². The van der Waals surface area contributed by atoms with Gasteiger partial charge in [-0.3, -0.25) is 4.79 Å². The van der Waals surface area contributed by atoms with Gasteiger partial charge in [0.25, 0.3) is 5.91 Å². The summed E-state index contributed by atoms with van der Waals surface area (Å²) in [4.78, 5) is 12.3. The Morgan fingerprint density at radius 1 is 1.32 bits per heavy atom. The molecule has 1 aliphatic rings. The highest BCUT2D eigenvalue weighted by molar-refractivity contribution is 6.30. The Hall–Kier alpha value is -1.06. The van der Waals surface area contributed by atoms with Crippen molar-refractivity contribution in [3.05, 3.63) is 34.3 Å². The second-order valence-electron chi connectivity index (χ2n) is 5.34. The summed E-state index contributed by atoms with van der Waals surface area (Å²) in [5.41, 5.74) is 7.71. The number of halogens is 1. The lowest BCUT2D eigenvalue weighted by atomic mass is 10.0. The van der Waals surface area contributed by atoms with Gasteiger partial charge in [0.1, 0.15) is 0 Å². The van der Waals surface area contributed by atoms with E-state index in [-0.39, 0.29) is 18.0 Å². The molecule has 0 heterocycles. The van der Waals surface area contributed by atoms with Crippen LogP contribution < -0.4 is 11.1 Å². The van der Waals surface area contributed by atoms with Gasteiger partial charge in [0, 0.05) is 22.7 Å². The van der Waals surface area contributed by atoms with Gasteiger partial charge < -0.3 is 11.1 Å². The highest BCUT2D eigenvalue weighted by atomic mass is 35.5. The van der Waals surface area contributed by atoms with E-state index >= 15 is 0 Å². The number of nitrogens with two attached hydrogens (primary N) is 1. The summed E-state index contributed by atoms with van der Waals surface area (Å²) >= 11 is 5.91. The molecule has 1 aromatic rings. The molecule has 2 atom stereocenters. The predicted octanol–water partition coefficient (Wildman–Crippen LogP) is 3.04. The molecule has 0 bridgehead atoms. The molecule has 2 unspecified atom stereocenters. The minimum absolute atomic E-state index is 0.0449. The van der Waals surface area contributed by atoms with Crippen molar-refractivity contribution in [1.29, 1.82) is 0 Å². The minimum Gasteiger partial charge on any atom is -0.348 e. The molecule has 4 heteroatoms. The third kappa shape index (κ3) is 3.71. The number of aryl methyl sites for hydroxylation is 1. The summed E-state index contributed by atoms with van der Waals surface area (Å²) in [7, 11) is 0. The van der Waals surface area contributed by atoms with Gasteiger partial charge in [-0.25, -0.2) is 0 Å². The molecule has 1 aromatic carbocycles. The summed E-state index contributed by atoms with van der Waals surface area (Å²) in [5, 5.41) is 3.73. The number of amides is 1. The highest BCUT2D eigenvalue weighted by Gasteiger charge is 2.22. The van der Waals surface area contributed by atoms with Crippen LogP contribution in [0.5, 0.6) is 0 Å². The van der Waals surface area contributed by atoms with Crippen molar-refractivity contribution in [2.75, 3.05) is 0 Å². The van der Waals surface area contributed by atoms with E-state index in [2.05, 4.69) is 5.32 Å². The van der Waals surface area contributed by atoms with Gasteiger partial charge >= 0.3 is 0 Å². The van der Waals surface area contributed by atoms with Gasteiger partial charge in [0.05, 0.1) is 0 Å². The molecule has 3 nitrogen and oxygen atoms in total. The minimum atomic E-state index is -0.0449. The lowest BCUT2D eigenvalue weighted by Gasteiger charge is -2.23. The van der Waals surface area contributed by atoms with Crippen molar-refractivity contribution < 1.29 is 4.79 Å². The number of nitrogens with one attached hydrogen (secondary N) is 1. The Morgan fingerprint density at radius 3 is 2.79 bits per heavy atom. The molecule has 0 radical (unpaired) electrons. The Balaban J connectivity index is 2.07. The maximum atomic E-state index is 12.3. The lowest BCUT2D eigenvalue weighted by molar-refractivity contribution is 0.0928. The van der Waals surface area contributed by atoms with Crippen LogP contribution in [0.4, 0.5) is 0 Å². The topological polar surface area (TPSA) is 55.1 Å². The molecule has 1 fully saturated rings. The van der Waals surface area contributed by atoms with Crippen LogP contribution in [0, 0.1) is 6.92 Å². The van der Waals surface area contributed by atoms with E-state index in [9.17, 15) is 4.79 Å². The van der Waals surface area contributed by atoms with E-state index < -0.39 is 0 Å². The van der Waals surface area contributed by atoms with Gasteiger partial charge in [0.15, 0.2) is 0 Å². The monoisotopic (exact) mass is 280 g/mol. The Bertz CT molecular complexity index is 461. The standard InChI is InChI=1S/C15H21ClN2O/c1-10-9-11(16)7-8-12(10)15(19)18-14-6-4-2-3-5-13(14)17/h7-9,13-14H,2-6,17H2,1H3,(H,18,19). The normalized spacial score (nSPS) is 23.7. The summed E-state index contributed by atoms with van der Waals surface area (Å²) < 4.78 is 0. The van der Waals surface area contributed by atoms with Gasteiger partial charge in [-0.2, -0.15) is 0 Å². The molecular weight excluding hydrogens is 260 g/mol. The largest absolute Gasteiger partial charge is 0.348 e. The van der Waals surface area contributed by atoms with E-state index in [1.807, 2.05) is 13.0 Å². The fraction of sp³-hybridized carbons (Fsp3) is 0.533. The van der Waals surface area contributed by atoms with Crippen molar-refractivity contribution in [3.63, 3.8) is 0 Å². The fourth-order valence-electron chi connectivity index (χ4n) is 2.64. The fourth-order valence-corrected chi connectivity index (χ4v) is 2.87. The Labute approximate surface area is 119 Å². The Morgan fingerprint density at radius 2 is 2.05 bits per heavy atom. The first kappa shape index (κ1) is 14.4. The summed E-state index contributed by atoms with van der Waals surface area (Å²) in [6, 6.07) is 5.49. The van der Waals surface area contributed by atoms with E-state index in [0.717, 1.165) is 31.2 Å². The molecule has 2 rings (SSSR count). The molecule has 0 spiro atoms. The molecular formula is C15H21ClN2O. The number of hydrogen-bond donors (Lipinski definition) is 2. The lowest BCUT2D eigenvalue weighted by Crippen LogP contribution is -2.47. The molecule has 104 valence electrons. The number of carbonyl (C=O) groups is 1. The number of benzene rings is 1. The SMILES string of the molecule is Cc1cc(Cl)ccc1C(=O)NC1CCCCCC1N. The predicted molar refractivity (Wildman–Crippen MR) is 78.5 cm³/mol. The highest BCUT2D eigenvalue weighted by Crippen LogP contribution is 2.19. The maximum absolute atomic E-state index is 12.3. The average Bonchev–Trinajstić information content (AvgIpc) is 2.55. The third-order valence-corrected chi connectivity index (χ3v) is 4.05. The maximum Gasteiger partial charge on any atom is 0.251 e. The quantitative estimate of drug-likeness (QED) is 0.818. The number of carbonyl (C=O) groups excluding carboxylic acids is 1. The average molecular weight is 281 g/mol. The van der Waals surface area contributed by atoms with E-state index in [1.165, 1.54) is 6.42 Å². The van der Waals surface area contributed by atoms with E-state index in [1.54, 1.807) is 12.1 Å². The van der Waals surface area contributed by atoms with Crippen molar-refractivity contribution in [2.24, 2.45) is 5.73 Å². The van der Waals surface area contributed by atoms with Crippen molar-refractivity contribution in [2.45, 2.75) is 51.1 Å². The first-order valence-corrected chi connectivity index (χ1v) is 7.28. The molecule has 0 aromatic heterocycles. The summed E-state index contributed by atoms with van der Waals surface area (Å²) in [6.45, 7) is 1.90. The van der Waals surface area contributed by atoms with Gasteiger partial charge in [-0.1, -0.05) is 30.9 Å².